The number of hydrogen-bond acceptors (Lipinski definition) is 5. The van der Waals surface area contributed by atoms with E-state index >= 15 is 0 Å². The fourth-order valence-electron chi connectivity index (χ4n) is 5.64. The number of esters is 1. The van der Waals surface area contributed by atoms with E-state index in [1.807, 2.05) is 24.3 Å². The summed E-state index contributed by atoms with van der Waals surface area (Å²) < 4.78 is 16.6. The van der Waals surface area contributed by atoms with Crippen LogP contribution in [0.1, 0.15) is 95.1 Å². The quantitative estimate of drug-likeness (QED) is 0.104. The van der Waals surface area contributed by atoms with Crippen LogP contribution < -0.4 is 4.74 Å². The first kappa shape index (κ1) is 30.6. The van der Waals surface area contributed by atoms with E-state index in [0.29, 0.717) is 17.4 Å². The van der Waals surface area contributed by atoms with Gasteiger partial charge in [0.2, 0.25) is 0 Å². The van der Waals surface area contributed by atoms with Crippen molar-refractivity contribution in [3.8, 4) is 5.75 Å². The lowest BCUT2D eigenvalue weighted by Crippen LogP contribution is -2.10. The molecule has 1 aromatic heterocycles. The Morgan fingerprint density at radius 2 is 1.80 bits per heavy atom. The van der Waals surface area contributed by atoms with Gasteiger partial charge in [0.1, 0.15) is 10.6 Å². The number of unbranched alkanes of at least 4 members (excludes halogenated alkanes) is 2. The van der Waals surface area contributed by atoms with Gasteiger partial charge in [0.25, 0.3) is 0 Å². The molecular weight excluding hydrogens is 530 g/mol. The van der Waals surface area contributed by atoms with Crippen LogP contribution in [0.2, 0.25) is 0 Å². The van der Waals surface area contributed by atoms with Gasteiger partial charge in [0, 0.05) is 10.8 Å². The van der Waals surface area contributed by atoms with Crippen molar-refractivity contribution in [2.75, 3.05) is 14.2 Å². The van der Waals surface area contributed by atoms with Crippen LogP contribution in [-0.4, -0.2) is 20.2 Å². The molecule has 6 heteroatoms. The number of rotatable bonds is 15. The molecule has 2 aromatic carbocycles. The van der Waals surface area contributed by atoms with Gasteiger partial charge in [0.15, 0.2) is 5.70 Å². The van der Waals surface area contributed by atoms with Crippen molar-refractivity contribution in [1.29, 1.82) is 0 Å². The highest BCUT2D eigenvalue weighted by Gasteiger charge is 2.31. The average molecular weight is 572 g/mol. The molecule has 3 aromatic rings. The molecule has 0 saturated heterocycles. The molecule has 0 fully saturated rings. The van der Waals surface area contributed by atoms with Crippen LogP contribution in [0.3, 0.4) is 0 Å². The Hall–Kier alpha value is -3.40. The van der Waals surface area contributed by atoms with Gasteiger partial charge in [-0.2, -0.15) is 0 Å². The second-order valence-corrected chi connectivity index (χ2v) is 11.8. The molecule has 0 saturated carbocycles. The van der Waals surface area contributed by atoms with E-state index in [2.05, 4.69) is 54.2 Å². The Bertz CT molecular complexity index is 1320. The number of aryl methyl sites for hydroxylation is 1. The van der Waals surface area contributed by atoms with Gasteiger partial charge in [-0.25, -0.2) is 9.64 Å². The molecule has 0 amide bonds. The largest absolute Gasteiger partial charge is 0.497 e. The van der Waals surface area contributed by atoms with Crippen molar-refractivity contribution in [1.82, 2.24) is 0 Å². The highest BCUT2D eigenvalue weighted by molar-refractivity contribution is 7.13. The van der Waals surface area contributed by atoms with Crippen LogP contribution in [0.15, 0.2) is 72.4 Å². The first-order chi connectivity index (χ1) is 20.1. The van der Waals surface area contributed by atoms with E-state index < -0.39 is 0 Å². The van der Waals surface area contributed by atoms with Gasteiger partial charge in [-0.1, -0.05) is 80.6 Å². The van der Waals surface area contributed by atoms with E-state index in [-0.39, 0.29) is 18.0 Å². The molecule has 1 aliphatic rings. The predicted octanol–water partition coefficient (Wildman–Crippen LogP) is 9.31. The summed E-state index contributed by atoms with van der Waals surface area (Å²) in [6.45, 7) is 10.6. The Kier molecular flexibility index (Phi) is 11.6. The lowest BCUT2D eigenvalue weighted by Gasteiger charge is -2.23. The topological polar surface area (TPSA) is 49.1 Å². The Morgan fingerprint density at radius 1 is 1.02 bits per heavy atom. The van der Waals surface area contributed by atoms with Crippen molar-refractivity contribution >= 4 is 17.3 Å². The third-order valence-electron chi connectivity index (χ3n) is 7.94. The molecule has 0 bridgehead atoms. The summed E-state index contributed by atoms with van der Waals surface area (Å²) in [5.74, 6) is 1.12. The Labute approximate surface area is 249 Å². The van der Waals surface area contributed by atoms with Crippen molar-refractivity contribution < 1.29 is 19.0 Å². The number of thiophene rings is 1. The molecule has 41 heavy (non-hydrogen) atoms. The molecule has 0 N–H and O–H groups in total. The third-order valence-corrected chi connectivity index (χ3v) is 9.07. The minimum absolute atomic E-state index is 0.0358. The molecule has 1 aliphatic carbocycles. The van der Waals surface area contributed by atoms with Gasteiger partial charge in [-0.15, -0.1) is 11.3 Å². The zero-order valence-corrected chi connectivity index (χ0v) is 25.3. The molecule has 0 spiro atoms. The van der Waals surface area contributed by atoms with E-state index in [1.54, 1.807) is 7.11 Å². The van der Waals surface area contributed by atoms with Gasteiger partial charge in [-0.3, -0.25) is 0 Å². The van der Waals surface area contributed by atoms with Crippen LogP contribution in [-0.2, 0) is 22.5 Å². The maximum absolute atomic E-state index is 11.8. The lowest BCUT2D eigenvalue weighted by atomic mass is 9.83. The van der Waals surface area contributed by atoms with Gasteiger partial charge in [0.05, 0.1) is 33.5 Å². The number of nitrogens with zero attached hydrogens (tertiary/aromatic N) is 1. The Balaban J connectivity index is 1.40. The van der Waals surface area contributed by atoms with Crippen LogP contribution in [0, 0.1) is 12.5 Å². The van der Waals surface area contributed by atoms with Crippen LogP contribution in [0.4, 0.5) is 0 Å². The zero-order chi connectivity index (χ0) is 29.0. The first-order valence-corrected chi connectivity index (χ1v) is 15.5. The van der Waals surface area contributed by atoms with Crippen molar-refractivity contribution in [2.45, 2.75) is 76.9 Å². The summed E-state index contributed by atoms with van der Waals surface area (Å²) in [7, 11) is 3.09. The maximum atomic E-state index is 11.8. The maximum Gasteiger partial charge on any atom is 0.348 e. The number of ether oxygens (including phenoxy) is 3. The number of carbonyl (C=O) groups excluding carboxylic acids is 1. The third kappa shape index (κ3) is 8.31. The molecule has 0 aliphatic heterocycles. The Morgan fingerprint density at radius 3 is 2.49 bits per heavy atom. The minimum Gasteiger partial charge on any atom is -0.497 e. The smallest absolute Gasteiger partial charge is 0.348 e. The summed E-state index contributed by atoms with van der Waals surface area (Å²) >= 11 is 1.51. The number of benzene rings is 2. The van der Waals surface area contributed by atoms with Crippen LogP contribution in [0.5, 0.6) is 5.75 Å². The van der Waals surface area contributed by atoms with E-state index in [1.165, 1.54) is 47.3 Å². The molecule has 4 rings (SSSR count). The zero-order valence-electron chi connectivity index (χ0n) is 24.4. The second kappa shape index (κ2) is 15.6. The standard InChI is InChI=1S/C35H41NO4S/c1-5-6-7-11-32(40-24-25-12-19-29(38-3)20-13-25)26-14-16-28(17-15-26)34-27(18-22-31(34)36-2)9-8-10-30-21-23-33(41-30)35(37)39-4/h12-17,19-23,27,32,34H,5-11,18,24H2,1,3-4H3/t27-,32?,34-/m0/s1. The van der Waals surface area contributed by atoms with Gasteiger partial charge in [-0.05, 0) is 67.0 Å². The monoisotopic (exact) mass is 571 g/mol. The van der Waals surface area contributed by atoms with E-state index in [9.17, 15) is 4.79 Å². The van der Waals surface area contributed by atoms with Crippen molar-refractivity contribution in [2.24, 2.45) is 5.92 Å². The summed E-state index contributed by atoms with van der Waals surface area (Å²) in [5.41, 5.74) is 4.40. The van der Waals surface area contributed by atoms with Crippen molar-refractivity contribution in [3.05, 3.63) is 110 Å². The summed E-state index contributed by atoms with van der Waals surface area (Å²) in [6.07, 6.45) is 10.6. The molecule has 1 unspecified atom stereocenters. The lowest BCUT2D eigenvalue weighted by molar-refractivity contribution is 0.0321. The minimum atomic E-state index is -0.273. The predicted molar refractivity (Wildman–Crippen MR) is 165 cm³/mol. The average Bonchev–Trinajstić information content (AvgIpc) is 3.66. The first-order valence-electron chi connectivity index (χ1n) is 14.6. The summed E-state index contributed by atoms with van der Waals surface area (Å²) in [6, 6.07) is 20.8. The molecule has 5 nitrogen and oxygen atoms in total. The molecular formula is C35H41NO4S. The van der Waals surface area contributed by atoms with Gasteiger partial charge < -0.3 is 14.2 Å². The number of carbonyl (C=O) groups is 1. The summed E-state index contributed by atoms with van der Waals surface area (Å²) in [5, 5.41) is 0. The molecule has 1 heterocycles. The van der Waals surface area contributed by atoms with Crippen molar-refractivity contribution in [3.63, 3.8) is 0 Å². The van der Waals surface area contributed by atoms with Crippen LogP contribution >= 0.6 is 11.3 Å². The number of allylic oxidation sites excluding steroid dienone is 2. The van der Waals surface area contributed by atoms with Crippen LogP contribution in [0.25, 0.3) is 4.85 Å². The normalized spacial score (nSPS) is 17.1. The van der Waals surface area contributed by atoms with E-state index in [0.717, 1.165) is 55.5 Å². The fourth-order valence-corrected chi connectivity index (χ4v) is 6.61. The van der Waals surface area contributed by atoms with Gasteiger partial charge >= 0.3 is 5.97 Å². The SMILES string of the molecule is [C-]#[N+]C1=CC[C@H](CCCc2ccc(C(=O)OC)s2)[C@H]1c1ccc(C(CCCCC)OCc2ccc(OC)cc2)cc1. The molecule has 216 valence electrons. The second-order valence-electron chi connectivity index (χ2n) is 10.7. The summed E-state index contributed by atoms with van der Waals surface area (Å²) in [4.78, 5) is 17.5. The fraction of sp³-hybridized carbons (Fsp3) is 0.429. The molecule has 0 radical (unpaired) electrons. The highest BCUT2D eigenvalue weighted by atomic mass is 32.1. The molecule has 3 atom stereocenters. The number of hydrogen-bond donors (Lipinski definition) is 0. The number of methoxy groups -OCH3 is 2. The van der Waals surface area contributed by atoms with E-state index in [4.69, 9.17) is 20.8 Å². The highest BCUT2D eigenvalue weighted by Crippen LogP contribution is 2.44.